The number of halogens is 3. The normalized spacial score (nSPS) is 15.4. The summed E-state index contributed by atoms with van der Waals surface area (Å²) in [5.74, 6) is 0.605. The zero-order chi connectivity index (χ0) is 24.6. The minimum atomic E-state index is -4.82. The van der Waals surface area contributed by atoms with Gasteiger partial charge in [0.15, 0.2) is 11.5 Å². The fourth-order valence-corrected chi connectivity index (χ4v) is 4.18. The summed E-state index contributed by atoms with van der Waals surface area (Å²) < 4.78 is 49.7. The summed E-state index contributed by atoms with van der Waals surface area (Å²) in [6.07, 6.45) is -1.91. The Morgan fingerprint density at radius 2 is 1.80 bits per heavy atom. The van der Waals surface area contributed by atoms with Gasteiger partial charge in [-0.1, -0.05) is 36.4 Å². The molecule has 7 nitrogen and oxygen atoms in total. The molecule has 5 rings (SSSR count). The van der Waals surface area contributed by atoms with E-state index in [1.807, 2.05) is 42.2 Å². The van der Waals surface area contributed by atoms with E-state index in [4.69, 9.17) is 4.74 Å². The number of nitrogens with zero attached hydrogens (tertiary/aromatic N) is 3. The Kier molecular flexibility index (Phi) is 5.88. The number of benzene rings is 2. The summed E-state index contributed by atoms with van der Waals surface area (Å²) in [4.78, 5) is 19.9. The van der Waals surface area contributed by atoms with Gasteiger partial charge < -0.3 is 19.7 Å². The number of alkyl halides is 3. The molecule has 0 spiro atoms. The fraction of sp³-hybridized carbons (Fsp3) is 0.280. The lowest BCUT2D eigenvalue weighted by Crippen LogP contribution is -2.43. The highest BCUT2D eigenvalue weighted by Crippen LogP contribution is 2.38. The molecule has 0 unspecified atom stereocenters. The van der Waals surface area contributed by atoms with Crippen molar-refractivity contribution in [2.45, 2.75) is 39.1 Å². The van der Waals surface area contributed by atoms with E-state index in [1.165, 1.54) is 23.8 Å². The van der Waals surface area contributed by atoms with Crippen molar-refractivity contribution in [3.8, 4) is 17.5 Å². The average Bonchev–Trinajstić information content (AvgIpc) is 3.11. The molecule has 2 aliphatic rings. The summed E-state index contributed by atoms with van der Waals surface area (Å²) in [5, 5.41) is 3.02. The first-order valence-corrected chi connectivity index (χ1v) is 11.3. The molecule has 0 saturated heterocycles. The molecule has 2 aromatic carbocycles. The van der Waals surface area contributed by atoms with Gasteiger partial charge in [0.05, 0.1) is 6.54 Å². The lowest BCUT2D eigenvalue weighted by molar-refractivity contribution is -0.274. The number of aromatic nitrogens is 2. The molecule has 10 heteroatoms. The number of hydrogen-bond donors (Lipinski definition) is 1. The summed E-state index contributed by atoms with van der Waals surface area (Å²) in [5.41, 5.74) is 2.41. The number of imidazole rings is 1. The molecule has 0 bridgehead atoms. The van der Waals surface area contributed by atoms with Gasteiger partial charge in [-0.25, -0.2) is 0 Å². The summed E-state index contributed by atoms with van der Waals surface area (Å²) in [6.45, 7) is 2.83. The van der Waals surface area contributed by atoms with Crippen LogP contribution in [0.1, 0.15) is 42.2 Å². The van der Waals surface area contributed by atoms with E-state index in [2.05, 4.69) is 15.0 Å². The minimum absolute atomic E-state index is 0.0940. The van der Waals surface area contributed by atoms with Crippen LogP contribution in [-0.2, 0) is 6.54 Å². The number of amides is 1. The summed E-state index contributed by atoms with van der Waals surface area (Å²) in [7, 11) is 0. The quantitative estimate of drug-likeness (QED) is 0.494. The SMILES string of the molecule is CCN1C(=C2CCC2)NC(=O)c2c1nc(Oc1cccc(OC(F)(F)F)c1)n2Cc1ccccc1. The predicted molar refractivity (Wildman–Crippen MR) is 122 cm³/mol. The van der Waals surface area contributed by atoms with Gasteiger partial charge in [0, 0.05) is 12.6 Å². The molecule has 1 aromatic heterocycles. The molecule has 1 N–H and O–H groups in total. The van der Waals surface area contributed by atoms with Gasteiger partial charge in [0.1, 0.15) is 17.3 Å². The molecule has 1 amide bonds. The Morgan fingerprint density at radius 1 is 1.06 bits per heavy atom. The molecular formula is C25H23F3N4O3. The number of fused-ring (bicyclic) bond motifs is 1. The molecule has 3 aromatic rings. The van der Waals surface area contributed by atoms with Crippen molar-refractivity contribution in [1.82, 2.24) is 14.9 Å². The van der Waals surface area contributed by atoms with Crippen molar-refractivity contribution < 1.29 is 27.4 Å². The van der Waals surface area contributed by atoms with Crippen LogP contribution in [0.4, 0.5) is 19.0 Å². The largest absolute Gasteiger partial charge is 0.573 e. The monoisotopic (exact) mass is 484 g/mol. The number of carbonyl (C=O) groups excluding carboxylic acids is 1. The van der Waals surface area contributed by atoms with E-state index >= 15 is 0 Å². The zero-order valence-electron chi connectivity index (χ0n) is 18.9. The first-order chi connectivity index (χ1) is 16.8. The highest BCUT2D eigenvalue weighted by atomic mass is 19.4. The van der Waals surface area contributed by atoms with Crippen LogP contribution in [0.5, 0.6) is 17.5 Å². The van der Waals surface area contributed by atoms with Gasteiger partial charge in [-0.15, -0.1) is 13.2 Å². The number of carbonyl (C=O) groups is 1. The number of allylic oxidation sites excluding steroid dienone is 1. The topological polar surface area (TPSA) is 68.6 Å². The molecule has 0 atom stereocenters. The van der Waals surface area contributed by atoms with Crippen LogP contribution in [0.25, 0.3) is 0 Å². The predicted octanol–water partition coefficient (Wildman–Crippen LogP) is 5.59. The van der Waals surface area contributed by atoms with Crippen LogP contribution in [0.15, 0.2) is 66.0 Å². The number of nitrogens with one attached hydrogen (secondary N) is 1. The number of ether oxygens (including phenoxy) is 2. The Balaban J connectivity index is 1.57. The molecule has 2 heterocycles. The van der Waals surface area contributed by atoms with Crippen molar-refractivity contribution in [2.24, 2.45) is 0 Å². The molecule has 1 saturated carbocycles. The minimum Gasteiger partial charge on any atom is -0.425 e. The summed E-state index contributed by atoms with van der Waals surface area (Å²) in [6, 6.07) is 14.8. The fourth-order valence-electron chi connectivity index (χ4n) is 4.18. The number of rotatable bonds is 6. The van der Waals surface area contributed by atoms with E-state index in [-0.39, 0.29) is 24.2 Å². The van der Waals surface area contributed by atoms with Crippen LogP contribution in [-0.4, -0.2) is 28.4 Å². The van der Waals surface area contributed by atoms with Crippen LogP contribution < -0.4 is 19.7 Å². The van der Waals surface area contributed by atoms with Gasteiger partial charge in [-0.2, -0.15) is 4.98 Å². The van der Waals surface area contributed by atoms with Gasteiger partial charge >= 0.3 is 12.4 Å². The van der Waals surface area contributed by atoms with E-state index in [0.29, 0.717) is 18.1 Å². The van der Waals surface area contributed by atoms with E-state index < -0.39 is 12.1 Å². The third-order valence-electron chi connectivity index (χ3n) is 5.93. The second kappa shape index (κ2) is 9.01. The van der Waals surface area contributed by atoms with Gasteiger partial charge in [0.25, 0.3) is 5.91 Å². The van der Waals surface area contributed by atoms with E-state index in [9.17, 15) is 18.0 Å². The average molecular weight is 484 g/mol. The molecule has 1 aliphatic carbocycles. The standard InChI is InChI=1S/C25H23F3N4O3/c1-2-31-21(17-10-6-11-17)29-23(33)20-22(31)30-24(32(20)15-16-8-4-3-5-9-16)34-18-12-7-13-19(14-18)35-25(26,27)28/h3-5,7-9,12-14H,2,6,10-11,15H2,1H3,(H,29,33). The van der Waals surface area contributed by atoms with Crippen LogP contribution >= 0.6 is 0 Å². The smallest absolute Gasteiger partial charge is 0.425 e. The maximum absolute atomic E-state index is 13.3. The van der Waals surface area contributed by atoms with Crippen LogP contribution in [0, 0.1) is 0 Å². The van der Waals surface area contributed by atoms with E-state index in [0.717, 1.165) is 36.7 Å². The van der Waals surface area contributed by atoms with Crippen LogP contribution in [0.3, 0.4) is 0 Å². The molecular weight excluding hydrogens is 461 g/mol. The number of anilines is 1. The second-order valence-corrected chi connectivity index (χ2v) is 8.27. The Hall–Kier alpha value is -3.95. The van der Waals surface area contributed by atoms with Gasteiger partial charge in [-0.3, -0.25) is 9.36 Å². The second-order valence-electron chi connectivity index (χ2n) is 8.27. The van der Waals surface area contributed by atoms with Crippen molar-refractivity contribution in [3.05, 3.63) is 77.2 Å². The Labute approximate surface area is 199 Å². The molecule has 182 valence electrons. The highest BCUT2D eigenvalue weighted by Gasteiger charge is 2.36. The molecule has 35 heavy (non-hydrogen) atoms. The van der Waals surface area contributed by atoms with E-state index in [1.54, 1.807) is 4.57 Å². The first-order valence-electron chi connectivity index (χ1n) is 11.3. The van der Waals surface area contributed by atoms with Crippen LogP contribution in [0.2, 0.25) is 0 Å². The van der Waals surface area contributed by atoms with Crippen molar-refractivity contribution in [1.29, 1.82) is 0 Å². The summed E-state index contributed by atoms with van der Waals surface area (Å²) >= 11 is 0. The Morgan fingerprint density at radius 3 is 2.46 bits per heavy atom. The third-order valence-corrected chi connectivity index (χ3v) is 5.93. The van der Waals surface area contributed by atoms with Crippen molar-refractivity contribution in [2.75, 3.05) is 11.4 Å². The molecule has 1 fully saturated rings. The third kappa shape index (κ3) is 4.68. The van der Waals surface area contributed by atoms with Crippen molar-refractivity contribution >= 4 is 11.7 Å². The highest BCUT2D eigenvalue weighted by molar-refractivity contribution is 6.02. The molecule has 0 radical (unpaired) electrons. The van der Waals surface area contributed by atoms with Gasteiger partial charge in [-0.05, 0) is 49.5 Å². The first kappa shape index (κ1) is 22.8. The zero-order valence-corrected chi connectivity index (χ0v) is 18.9. The van der Waals surface area contributed by atoms with Gasteiger partial charge in [0.2, 0.25) is 0 Å². The maximum atomic E-state index is 13.3. The lowest BCUT2D eigenvalue weighted by atomic mass is 9.91. The Bertz CT molecular complexity index is 1280. The number of hydrogen-bond acceptors (Lipinski definition) is 5. The lowest BCUT2D eigenvalue weighted by Gasteiger charge is -2.34. The van der Waals surface area contributed by atoms with Crippen molar-refractivity contribution in [3.63, 3.8) is 0 Å². The maximum Gasteiger partial charge on any atom is 0.573 e. The molecule has 1 aliphatic heterocycles.